The maximum Gasteiger partial charge on any atom is 0.330 e. The maximum absolute atomic E-state index is 13.3. The summed E-state index contributed by atoms with van der Waals surface area (Å²) in [4.78, 5) is 73.2. The van der Waals surface area contributed by atoms with Gasteiger partial charge in [-0.15, -0.1) is 0 Å². The van der Waals surface area contributed by atoms with Gasteiger partial charge in [0.25, 0.3) is 11.6 Å². The van der Waals surface area contributed by atoms with Crippen molar-refractivity contribution in [3.8, 4) is 0 Å². The Hall–Kier alpha value is -4.29. The molecule has 1 aromatic carbocycles. The number of rotatable bonds is 16. The van der Waals surface area contributed by atoms with Crippen LogP contribution in [0.15, 0.2) is 30.4 Å². The fourth-order valence-electron chi connectivity index (χ4n) is 3.94. The molecule has 3 atom stereocenters. The Labute approximate surface area is 239 Å². The smallest absolute Gasteiger partial charge is 0.330 e. The largest absolute Gasteiger partial charge is 0.463 e. The van der Waals surface area contributed by atoms with Crippen molar-refractivity contribution >= 4 is 35.3 Å². The monoisotopic (exact) mass is 575 g/mol. The number of carbonyl (C=O) groups excluding carboxylic acids is 5. The highest BCUT2D eigenvalue weighted by molar-refractivity contribution is 5.99. The molecule has 0 aliphatic heterocycles. The van der Waals surface area contributed by atoms with Crippen LogP contribution in [-0.4, -0.2) is 59.3 Å². The van der Waals surface area contributed by atoms with Gasteiger partial charge in [0.2, 0.25) is 17.7 Å². The van der Waals surface area contributed by atoms with Gasteiger partial charge in [0.05, 0.1) is 11.5 Å². The second-order valence-electron chi connectivity index (χ2n) is 10.4. The molecular weight excluding hydrogens is 534 g/mol. The van der Waals surface area contributed by atoms with E-state index in [9.17, 15) is 34.1 Å². The molecule has 0 aliphatic carbocycles. The van der Waals surface area contributed by atoms with Gasteiger partial charge in [0.15, 0.2) is 0 Å². The molecule has 0 spiro atoms. The van der Waals surface area contributed by atoms with Gasteiger partial charge in [-0.3, -0.25) is 29.3 Å². The zero-order valence-corrected chi connectivity index (χ0v) is 24.4. The molecule has 0 saturated carbocycles. The summed E-state index contributed by atoms with van der Waals surface area (Å²) in [5.74, 6) is -3.38. The molecule has 1 rings (SSSR count). The number of aryl methyl sites for hydroxylation is 1. The molecule has 0 radical (unpaired) electrons. The van der Waals surface area contributed by atoms with E-state index in [2.05, 4.69) is 16.0 Å². The first-order chi connectivity index (χ1) is 19.2. The number of nitro benzene ring substituents is 1. The minimum absolute atomic E-state index is 0.0940. The number of amides is 4. The predicted molar refractivity (Wildman–Crippen MR) is 151 cm³/mol. The van der Waals surface area contributed by atoms with Crippen molar-refractivity contribution in [3.63, 3.8) is 0 Å². The second-order valence-corrected chi connectivity index (χ2v) is 10.4. The zero-order valence-electron chi connectivity index (χ0n) is 24.4. The Morgan fingerprint density at radius 2 is 1.71 bits per heavy atom. The highest BCUT2D eigenvalue weighted by Crippen LogP contribution is 2.19. The molecule has 0 saturated heterocycles. The van der Waals surface area contributed by atoms with E-state index in [0.29, 0.717) is 6.42 Å². The van der Waals surface area contributed by atoms with Crippen molar-refractivity contribution < 1.29 is 33.6 Å². The van der Waals surface area contributed by atoms with E-state index in [-0.39, 0.29) is 42.2 Å². The number of nitrogens with two attached hydrogens (primary N) is 1. The van der Waals surface area contributed by atoms with Gasteiger partial charge >= 0.3 is 5.97 Å². The van der Waals surface area contributed by atoms with Crippen LogP contribution >= 0.6 is 0 Å². The van der Waals surface area contributed by atoms with Crippen LogP contribution in [0.4, 0.5) is 5.69 Å². The number of hydrogen-bond acceptors (Lipinski definition) is 8. The summed E-state index contributed by atoms with van der Waals surface area (Å²) in [7, 11) is 0. The second kappa shape index (κ2) is 16.7. The summed E-state index contributed by atoms with van der Waals surface area (Å²) in [6.07, 6.45) is 2.93. The number of carbonyl (C=O) groups is 5. The lowest BCUT2D eigenvalue weighted by molar-refractivity contribution is -0.385. The van der Waals surface area contributed by atoms with Crippen LogP contribution in [0.3, 0.4) is 0 Å². The fraction of sp³-hybridized carbons (Fsp3) is 0.536. The van der Waals surface area contributed by atoms with Gasteiger partial charge in [-0.1, -0.05) is 33.8 Å². The third kappa shape index (κ3) is 12.2. The van der Waals surface area contributed by atoms with Crippen LogP contribution in [0, 0.1) is 28.9 Å². The topological polar surface area (TPSA) is 200 Å². The van der Waals surface area contributed by atoms with Crippen molar-refractivity contribution in [3.05, 3.63) is 51.6 Å². The molecule has 0 unspecified atom stereocenters. The van der Waals surface area contributed by atoms with Crippen LogP contribution < -0.4 is 21.7 Å². The third-order valence-corrected chi connectivity index (χ3v) is 6.01. The summed E-state index contributed by atoms with van der Waals surface area (Å²) in [5, 5.41) is 19.1. The molecule has 0 aliphatic rings. The number of nitro groups is 1. The molecule has 1 aromatic rings. The Morgan fingerprint density at radius 1 is 1.05 bits per heavy atom. The average molecular weight is 576 g/mol. The fourth-order valence-corrected chi connectivity index (χ4v) is 3.94. The van der Waals surface area contributed by atoms with Gasteiger partial charge < -0.3 is 26.4 Å². The number of nitrogens with zero attached hydrogens (tertiary/aromatic N) is 1. The standard InChI is InChI=1S/C28H41N5O8/c1-7-41-24(35)13-9-20(14-16(2)3)30-27(37)21(10-12-23(29)34)31-28(38)25(17(4)5)32-26(36)19-8-11-22(33(39)40)18(6)15-19/h8-9,11,13,15-17,20-21,25H,7,10,12,14H2,1-6H3,(H2,29,34)(H,30,37)(H,31,38)(H,32,36)/b13-9+/t20-,21+,25+/m1/s1. The van der Waals surface area contributed by atoms with Crippen molar-refractivity contribution in [2.75, 3.05) is 6.61 Å². The summed E-state index contributed by atoms with van der Waals surface area (Å²) in [6.45, 7) is 10.6. The SMILES string of the molecule is CCOC(=O)/C=C/[C@H](CC(C)C)NC(=O)[C@H](CCC(N)=O)NC(=O)[C@@H](NC(=O)c1ccc([N+](=O)[O-])c(C)c1)C(C)C. The van der Waals surface area contributed by atoms with Gasteiger partial charge in [0.1, 0.15) is 12.1 Å². The molecule has 13 nitrogen and oxygen atoms in total. The molecule has 0 bridgehead atoms. The summed E-state index contributed by atoms with van der Waals surface area (Å²) in [6, 6.07) is 1.05. The molecule has 4 amide bonds. The number of primary amides is 1. The molecule has 5 N–H and O–H groups in total. The third-order valence-electron chi connectivity index (χ3n) is 6.01. The van der Waals surface area contributed by atoms with E-state index in [0.717, 1.165) is 0 Å². The van der Waals surface area contributed by atoms with Gasteiger partial charge in [-0.2, -0.15) is 0 Å². The van der Waals surface area contributed by atoms with E-state index in [4.69, 9.17) is 10.5 Å². The van der Waals surface area contributed by atoms with E-state index in [1.807, 2.05) is 13.8 Å². The summed E-state index contributed by atoms with van der Waals surface area (Å²) >= 11 is 0. The van der Waals surface area contributed by atoms with Gasteiger partial charge in [0, 0.05) is 35.7 Å². The number of hydrogen-bond donors (Lipinski definition) is 4. The van der Waals surface area contributed by atoms with Crippen LogP contribution in [0.1, 0.15) is 69.8 Å². The first-order valence-corrected chi connectivity index (χ1v) is 13.5. The normalized spacial score (nSPS) is 13.4. The predicted octanol–water partition coefficient (Wildman–Crippen LogP) is 2.06. The first kappa shape index (κ1) is 34.7. The molecule has 0 fully saturated rings. The van der Waals surface area contributed by atoms with Crippen molar-refractivity contribution in [2.45, 2.75) is 78.9 Å². The maximum atomic E-state index is 13.3. The van der Waals surface area contributed by atoms with Crippen LogP contribution in [-0.2, 0) is 23.9 Å². The quantitative estimate of drug-likeness (QED) is 0.0993. The molecule has 0 aromatic heterocycles. The van der Waals surface area contributed by atoms with Crippen LogP contribution in [0.5, 0.6) is 0 Å². The Bertz CT molecular complexity index is 1150. The molecular formula is C28H41N5O8. The first-order valence-electron chi connectivity index (χ1n) is 13.5. The van der Waals surface area contributed by atoms with E-state index in [1.165, 1.54) is 37.3 Å². The Kier molecular flexibility index (Phi) is 14.2. The van der Waals surface area contributed by atoms with Gasteiger partial charge in [-0.05, 0) is 50.7 Å². The number of benzene rings is 1. The molecule has 226 valence electrons. The lowest BCUT2D eigenvalue weighted by Gasteiger charge is -2.26. The molecule has 41 heavy (non-hydrogen) atoms. The van der Waals surface area contributed by atoms with Crippen molar-refractivity contribution in [1.29, 1.82) is 0 Å². The number of ether oxygens (including phenoxy) is 1. The summed E-state index contributed by atoms with van der Waals surface area (Å²) in [5.41, 5.74) is 5.55. The van der Waals surface area contributed by atoms with E-state index in [1.54, 1.807) is 20.8 Å². The highest BCUT2D eigenvalue weighted by Gasteiger charge is 2.30. The molecule has 13 heteroatoms. The van der Waals surface area contributed by atoms with Gasteiger partial charge in [-0.25, -0.2) is 4.79 Å². The van der Waals surface area contributed by atoms with E-state index >= 15 is 0 Å². The summed E-state index contributed by atoms with van der Waals surface area (Å²) < 4.78 is 4.89. The average Bonchev–Trinajstić information content (AvgIpc) is 2.87. The lowest BCUT2D eigenvalue weighted by atomic mass is 10.00. The molecule has 0 heterocycles. The highest BCUT2D eigenvalue weighted by atomic mass is 16.6. The van der Waals surface area contributed by atoms with Crippen LogP contribution in [0.25, 0.3) is 0 Å². The lowest BCUT2D eigenvalue weighted by Crippen LogP contribution is -2.56. The number of nitrogens with one attached hydrogen (secondary N) is 3. The minimum Gasteiger partial charge on any atom is -0.463 e. The van der Waals surface area contributed by atoms with E-state index < -0.39 is 58.6 Å². The zero-order chi connectivity index (χ0) is 31.3. The minimum atomic E-state index is -1.17. The Balaban J connectivity index is 3.13. The van der Waals surface area contributed by atoms with Crippen molar-refractivity contribution in [1.82, 2.24) is 16.0 Å². The number of esters is 1. The van der Waals surface area contributed by atoms with Crippen LogP contribution in [0.2, 0.25) is 0 Å². The van der Waals surface area contributed by atoms with Crippen molar-refractivity contribution in [2.24, 2.45) is 17.6 Å². The Morgan fingerprint density at radius 3 is 2.22 bits per heavy atom.